The maximum atomic E-state index is 12.6. The molecule has 3 rings (SSSR count). The number of likely N-dealkylation sites (tertiary alicyclic amines) is 1. The number of anilines is 1. The molecular formula is C16H18ClN3O. The molecule has 1 fully saturated rings. The third-order valence-corrected chi connectivity index (χ3v) is 4.05. The van der Waals surface area contributed by atoms with Crippen LogP contribution in [-0.2, 0) is 4.79 Å². The fraction of sp³-hybridized carbons (Fsp3) is 0.375. The maximum Gasteiger partial charge on any atom is 0.282 e. The van der Waals surface area contributed by atoms with Crippen LogP contribution in [0.5, 0.6) is 0 Å². The molecule has 0 unspecified atom stereocenters. The lowest BCUT2D eigenvalue weighted by atomic mass is 10.1. The standard InChI is InChI=1S/C16H18ClN3O/c1-12-15(11-19-8-3-2-4-9-19)16(21)20(18-12)14-7-5-6-13(17)10-14/h5-7,10-11H,2-4,8-9H2,1H3. The number of carbonyl (C=O) groups excluding carboxylic acids is 1. The predicted molar refractivity (Wildman–Crippen MR) is 85.6 cm³/mol. The highest BCUT2D eigenvalue weighted by molar-refractivity contribution is 6.32. The molecule has 0 bridgehead atoms. The van der Waals surface area contributed by atoms with Crippen LogP contribution in [0.3, 0.4) is 0 Å². The SMILES string of the molecule is CC1=NN(c2cccc(Cl)c2)C(=O)C1=CN1CCCCC1. The van der Waals surface area contributed by atoms with Gasteiger partial charge in [0.2, 0.25) is 0 Å². The Labute approximate surface area is 129 Å². The van der Waals surface area contributed by atoms with E-state index < -0.39 is 0 Å². The van der Waals surface area contributed by atoms with Gasteiger partial charge >= 0.3 is 0 Å². The molecular weight excluding hydrogens is 286 g/mol. The highest BCUT2D eigenvalue weighted by Crippen LogP contribution is 2.26. The van der Waals surface area contributed by atoms with E-state index in [0.717, 1.165) is 18.8 Å². The lowest BCUT2D eigenvalue weighted by Crippen LogP contribution is -2.27. The number of carbonyl (C=O) groups is 1. The first kappa shape index (κ1) is 14.1. The zero-order valence-electron chi connectivity index (χ0n) is 12.1. The van der Waals surface area contributed by atoms with E-state index in [-0.39, 0.29) is 5.91 Å². The maximum absolute atomic E-state index is 12.6. The summed E-state index contributed by atoms with van der Waals surface area (Å²) in [6.45, 7) is 3.90. The Bertz CT molecular complexity index is 618. The van der Waals surface area contributed by atoms with E-state index in [1.165, 1.54) is 24.3 Å². The normalized spacial score (nSPS) is 21.1. The highest BCUT2D eigenvalue weighted by atomic mass is 35.5. The highest BCUT2D eigenvalue weighted by Gasteiger charge is 2.29. The number of rotatable bonds is 2. The summed E-state index contributed by atoms with van der Waals surface area (Å²) >= 11 is 5.99. The summed E-state index contributed by atoms with van der Waals surface area (Å²) in [4.78, 5) is 14.8. The molecule has 1 aromatic carbocycles. The van der Waals surface area contributed by atoms with Crippen LogP contribution < -0.4 is 5.01 Å². The summed E-state index contributed by atoms with van der Waals surface area (Å²) in [7, 11) is 0. The van der Waals surface area contributed by atoms with Crippen molar-refractivity contribution in [3.63, 3.8) is 0 Å². The average molecular weight is 304 g/mol. The van der Waals surface area contributed by atoms with Crippen molar-refractivity contribution < 1.29 is 4.79 Å². The molecule has 110 valence electrons. The summed E-state index contributed by atoms with van der Waals surface area (Å²) in [5.74, 6) is -0.0830. The summed E-state index contributed by atoms with van der Waals surface area (Å²) < 4.78 is 0. The Morgan fingerprint density at radius 1 is 1.24 bits per heavy atom. The third kappa shape index (κ3) is 2.95. The van der Waals surface area contributed by atoms with Crippen LogP contribution in [0.2, 0.25) is 5.02 Å². The van der Waals surface area contributed by atoms with E-state index in [2.05, 4.69) is 10.0 Å². The lowest BCUT2D eigenvalue weighted by Gasteiger charge is -2.25. The summed E-state index contributed by atoms with van der Waals surface area (Å²) in [6, 6.07) is 7.19. The lowest BCUT2D eigenvalue weighted by molar-refractivity contribution is -0.114. The number of hydrogen-bond acceptors (Lipinski definition) is 3. The molecule has 1 saturated heterocycles. The van der Waals surface area contributed by atoms with E-state index in [0.29, 0.717) is 16.3 Å². The van der Waals surface area contributed by atoms with E-state index in [1.54, 1.807) is 12.1 Å². The van der Waals surface area contributed by atoms with Crippen molar-refractivity contribution in [2.45, 2.75) is 26.2 Å². The van der Waals surface area contributed by atoms with E-state index in [1.807, 2.05) is 25.3 Å². The summed E-state index contributed by atoms with van der Waals surface area (Å²) in [5.41, 5.74) is 2.14. The van der Waals surface area contributed by atoms with Crippen molar-refractivity contribution in [2.24, 2.45) is 5.10 Å². The molecule has 0 N–H and O–H groups in total. The molecule has 1 aromatic rings. The molecule has 1 amide bonds. The van der Waals surface area contributed by atoms with Gasteiger partial charge in [0.15, 0.2) is 0 Å². The van der Waals surface area contributed by atoms with E-state index >= 15 is 0 Å². The number of hydrogen-bond donors (Lipinski definition) is 0. The van der Waals surface area contributed by atoms with Crippen molar-refractivity contribution in [2.75, 3.05) is 18.1 Å². The van der Waals surface area contributed by atoms with Gasteiger partial charge in [0.05, 0.1) is 17.0 Å². The Balaban J connectivity index is 1.85. The molecule has 0 saturated carbocycles. The van der Waals surface area contributed by atoms with Crippen LogP contribution in [0.1, 0.15) is 26.2 Å². The average Bonchev–Trinajstić information content (AvgIpc) is 2.76. The smallest absolute Gasteiger partial charge is 0.282 e. The van der Waals surface area contributed by atoms with Crippen molar-refractivity contribution >= 4 is 28.9 Å². The number of hydrazone groups is 1. The second kappa shape index (κ2) is 5.90. The van der Waals surface area contributed by atoms with Gasteiger partial charge in [0.1, 0.15) is 0 Å². The van der Waals surface area contributed by atoms with Gasteiger partial charge in [-0.05, 0) is 44.4 Å². The van der Waals surface area contributed by atoms with Gasteiger partial charge in [-0.1, -0.05) is 17.7 Å². The second-order valence-corrected chi connectivity index (χ2v) is 5.86. The first-order chi connectivity index (χ1) is 10.1. The van der Waals surface area contributed by atoms with Crippen LogP contribution >= 0.6 is 11.6 Å². The van der Waals surface area contributed by atoms with Crippen molar-refractivity contribution in [3.05, 3.63) is 41.1 Å². The molecule has 0 atom stereocenters. The van der Waals surface area contributed by atoms with Crippen molar-refractivity contribution in [1.82, 2.24) is 4.90 Å². The molecule has 0 aliphatic carbocycles. The second-order valence-electron chi connectivity index (χ2n) is 5.42. The van der Waals surface area contributed by atoms with E-state index in [4.69, 9.17) is 11.6 Å². The Kier molecular flexibility index (Phi) is 3.97. The topological polar surface area (TPSA) is 35.9 Å². The van der Waals surface area contributed by atoms with Gasteiger partial charge in [0.25, 0.3) is 5.91 Å². The van der Waals surface area contributed by atoms with E-state index in [9.17, 15) is 4.79 Å². The molecule has 5 heteroatoms. The number of benzene rings is 1. The summed E-state index contributed by atoms with van der Waals surface area (Å²) in [5, 5.41) is 6.40. The molecule has 4 nitrogen and oxygen atoms in total. The fourth-order valence-electron chi connectivity index (χ4n) is 2.68. The molecule has 0 aromatic heterocycles. The van der Waals surface area contributed by atoms with Crippen molar-refractivity contribution in [3.8, 4) is 0 Å². The minimum Gasteiger partial charge on any atom is -0.377 e. The number of nitrogens with zero attached hydrogens (tertiary/aromatic N) is 3. The Morgan fingerprint density at radius 2 is 2.00 bits per heavy atom. The monoisotopic (exact) mass is 303 g/mol. The first-order valence-corrected chi connectivity index (χ1v) is 7.64. The minimum absolute atomic E-state index is 0.0830. The van der Waals surface area contributed by atoms with Crippen molar-refractivity contribution in [1.29, 1.82) is 0 Å². The molecule has 21 heavy (non-hydrogen) atoms. The number of amides is 1. The molecule has 0 spiro atoms. The zero-order valence-corrected chi connectivity index (χ0v) is 12.8. The minimum atomic E-state index is -0.0830. The number of halogens is 1. The van der Waals surface area contributed by atoms with Crippen LogP contribution in [0.25, 0.3) is 0 Å². The summed E-state index contributed by atoms with van der Waals surface area (Å²) in [6.07, 6.45) is 5.61. The number of piperidine rings is 1. The molecule has 0 radical (unpaired) electrons. The zero-order chi connectivity index (χ0) is 14.8. The Hall–Kier alpha value is -1.81. The van der Waals surface area contributed by atoms with Gasteiger partial charge in [-0.2, -0.15) is 10.1 Å². The fourth-order valence-corrected chi connectivity index (χ4v) is 2.86. The van der Waals surface area contributed by atoms with Gasteiger partial charge in [-0.25, -0.2) is 0 Å². The molecule has 2 heterocycles. The largest absolute Gasteiger partial charge is 0.377 e. The molecule has 2 aliphatic rings. The first-order valence-electron chi connectivity index (χ1n) is 7.26. The third-order valence-electron chi connectivity index (χ3n) is 3.82. The molecule has 2 aliphatic heterocycles. The van der Waals surface area contributed by atoms with Crippen LogP contribution in [0.4, 0.5) is 5.69 Å². The van der Waals surface area contributed by atoms with Gasteiger partial charge in [-0.15, -0.1) is 0 Å². The Morgan fingerprint density at radius 3 is 2.71 bits per heavy atom. The van der Waals surface area contributed by atoms with Gasteiger partial charge < -0.3 is 4.90 Å². The van der Waals surface area contributed by atoms with Gasteiger partial charge in [-0.3, -0.25) is 4.79 Å². The predicted octanol–water partition coefficient (Wildman–Crippen LogP) is 3.43. The quantitative estimate of drug-likeness (QED) is 0.785. The van der Waals surface area contributed by atoms with Gasteiger partial charge in [0, 0.05) is 24.3 Å². The van der Waals surface area contributed by atoms with Crippen LogP contribution in [0.15, 0.2) is 41.1 Å². The van der Waals surface area contributed by atoms with Crippen LogP contribution in [0, 0.1) is 0 Å². The van der Waals surface area contributed by atoms with Crippen LogP contribution in [-0.4, -0.2) is 29.6 Å².